The van der Waals surface area contributed by atoms with E-state index in [9.17, 15) is 15.0 Å². The maximum atomic E-state index is 11.3. The molecule has 19 heavy (non-hydrogen) atoms. The number of rotatable bonds is 5. The molecular weight excluding hydrogens is 248 g/mol. The number of hydrogen-bond donors (Lipinski definition) is 2. The van der Waals surface area contributed by atoms with Gasteiger partial charge in [0.05, 0.1) is 31.0 Å². The van der Waals surface area contributed by atoms with Crippen LogP contribution in [-0.4, -0.2) is 38.3 Å². The highest BCUT2D eigenvalue weighted by atomic mass is 16.5. The molecule has 0 saturated heterocycles. The zero-order valence-corrected chi connectivity index (χ0v) is 10.6. The Morgan fingerprint density at radius 3 is 3.00 bits per heavy atom. The van der Waals surface area contributed by atoms with Gasteiger partial charge in [-0.25, -0.2) is 4.98 Å². The van der Waals surface area contributed by atoms with Crippen molar-refractivity contribution in [1.29, 1.82) is 0 Å². The third kappa shape index (κ3) is 2.91. The normalized spacial score (nSPS) is 14.3. The Morgan fingerprint density at radius 1 is 1.47 bits per heavy atom. The minimum Gasteiger partial charge on any atom is -0.466 e. The molecule has 0 aliphatic rings. The molecule has 6 heteroatoms. The first-order valence-electron chi connectivity index (χ1n) is 6.07. The topological polar surface area (TPSA) is 84.1 Å². The summed E-state index contributed by atoms with van der Waals surface area (Å²) >= 11 is 0. The van der Waals surface area contributed by atoms with Gasteiger partial charge in [-0.2, -0.15) is 0 Å². The number of carbonyl (C=O) groups is 1. The first-order valence-corrected chi connectivity index (χ1v) is 6.07. The van der Waals surface area contributed by atoms with Crippen molar-refractivity contribution >= 4 is 11.6 Å². The van der Waals surface area contributed by atoms with Gasteiger partial charge in [0.2, 0.25) is 0 Å². The second-order valence-electron chi connectivity index (χ2n) is 4.13. The van der Waals surface area contributed by atoms with Crippen molar-refractivity contribution in [2.45, 2.75) is 25.6 Å². The van der Waals surface area contributed by atoms with Crippen LogP contribution < -0.4 is 0 Å². The van der Waals surface area contributed by atoms with E-state index in [-0.39, 0.29) is 13.0 Å². The largest absolute Gasteiger partial charge is 0.466 e. The highest BCUT2D eigenvalue weighted by Gasteiger charge is 2.24. The van der Waals surface area contributed by atoms with Gasteiger partial charge in [-0.15, -0.1) is 0 Å². The van der Waals surface area contributed by atoms with E-state index in [1.165, 1.54) is 6.20 Å². The fourth-order valence-corrected chi connectivity index (χ4v) is 1.87. The van der Waals surface area contributed by atoms with Gasteiger partial charge >= 0.3 is 5.97 Å². The SMILES string of the molecule is CCOC(=O)CC(O)C(O)c1cnc2ccccn12. The van der Waals surface area contributed by atoms with Crippen molar-refractivity contribution in [2.75, 3.05) is 6.61 Å². The van der Waals surface area contributed by atoms with Crippen LogP contribution in [0.2, 0.25) is 0 Å². The average molecular weight is 264 g/mol. The Morgan fingerprint density at radius 2 is 2.26 bits per heavy atom. The second kappa shape index (κ2) is 5.81. The van der Waals surface area contributed by atoms with E-state index in [0.717, 1.165) is 0 Å². The molecule has 0 amide bonds. The monoisotopic (exact) mass is 264 g/mol. The number of fused-ring (bicyclic) bond motifs is 1. The second-order valence-corrected chi connectivity index (χ2v) is 4.13. The number of aromatic nitrogens is 2. The van der Waals surface area contributed by atoms with Gasteiger partial charge < -0.3 is 19.4 Å². The lowest BCUT2D eigenvalue weighted by Gasteiger charge is -2.16. The van der Waals surface area contributed by atoms with Crippen LogP contribution in [0.15, 0.2) is 30.6 Å². The Kier molecular flexibility index (Phi) is 4.13. The lowest BCUT2D eigenvalue weighted by Crippen LogP contribution is -2.24. The summed E-state index contributed by atoms with van der Waals surface area (Å²) < 4.78 is 6.40. The third-order valence-electron chi connectivity index (χ3n) is 2.79. The van der Waals surface area contributed by atoms with E-state index in [1.54, 1.807) is 29.7 Å². The minimum absolute atomic E-state index is 0.247. The van der Waals surface area contributed by atoms with Gasteiger partial charge in [-0.05, 0) is 19.1 Å². The number of ether oxygens (including phenoxy) is 1. The van der Waals surface area contributed by atoms with Crippen molar-refractivity contribution in [2.24, 2.45) is 0 Å². The quantitative estimate of drug-likeness (QED) is 0.776. The molecule has 0 spiro atoms. The lowest BCUT2D eigenvalue weighted by atomic mass is 10.1. The predicted octanol–water partition coefficient (Wildman–Crippen LogP) is 0.682. The third-order valence-corrected chi connectivity index (χ3v) is 2.79. The molecule has 0 aromatic carbocycles. The highest BCUT2D eigenvalue weighted by Crippen LogP contribution is 2.20. The Labute approximate surface area is 110 Å². The predicted molar refractivity (Wildman–Crippen MR) is 67.4 cm³/mol. The zero-order chi connectivity index (χ0) is 13.8. The molecule has 2 N–H and O–H groups in total. The number of esters is 1. The van der Waals surface area contributed by atoms with Gasteiger partial charge in [0, 0.05) is 6.20 Å². The number of carbonyl (C=O) groups excluding carboxylic acids is 1. The molecule has 2 aromatic heterocycles. The molecule has 102 valence electrons. The van der Waals surface area contributed by atoms with Crippen molar-refractivity contribution in [1.82, 2.24) is 9.38 Å². The summed E-state index contributed by atoms with van der Waals surface area (Å²) in [6.07, 6.45) is 0.544. The zero-order valence-electron chi connectivity index (χ0n) is 10.6. The molecule has 0 fully saturated rings. The number of hydrogen-bond acceptors (Lipinski definition) is 5. The van der Waals surface area contributed by atoms with E-state index < -0.39 is 18.2 Å². The Hall–Kier alpha value is -1.92. The number of pyridine rings is 1. The van der Waals surface area contributed by atoms with Crippen LogP contribution >= 0.6 is 0 Å². The summed E-state index contributed by atoms with van der Waals surface area (Å²) in [6.45, 7) is 1.93. The van der Waals surface area contributed by atoms with Crippen molar-refractivity contribution in [3.8, 4) is 0 Å². The van der Waals surface area contributed by atoms with Crippen LogP contribution in [0.25, 0.3) is 5.65 Å². The van der Waals surface area contributed by atoms with Crippen LogP contribution in [0, 0.1) is 0 Å². The van der Waals surface area contributed by atoms with Crippen LogP contribution in [0.1, 0.15) is 25.1 Å². The molecule has 2 rings (SSSR count). The smallest absolute Gasteiger partial charge is 0.308 e. The fourth-order valence-electron chi connectivity index (χ4n) is 1.87. The molecule has 0 aliphatic carbocycles. The summed E-state index contributed by atoms with van der Waals surface area (Å²) in [7, 11) is 0. The summed E-state index contributed by atoms with van der Waals surface area (Å²) in [5, 5.41) is 19.9. The molecule has 2 heterocycles. The molecule has 0 saturated carbocycles. The van der Waals surface area contributed by atoms with Crippen molar-refractivity contribution in [3.63, 3.8) is 0 Å². The molecule has 2 atom stereocenters. The van der Waals surface area contributed by atoms with E-state index in [1.807, 2.05) is 6.07 Å². The van der Waals surface area contributed by atoms with Crippen LogP contribution in [0.4, 0.5) is 0 Å². The van der Waals surface area contributed by atoms with Gasteiger partial charge in [0.15, 0.2) is 0 Å². The summed E-state index contributed by atoms with van der Waals surface area (Å²) in [5.74, 6) is -0.539. The first-order chi connectivity index (χ1) is 9.13. The van der Waals surface area contributed by atoms with Crippen LogP contribution in [0.3, 0.4) is 0 Å². The van der Waals surface area contributed by atoms with Gasteiger partial charge in [0.1, 0.15) is 11.8 Å². The molecule has 2 aromatic rings. The number of imidazole rings is 1. The van der Waals surface area contributed by atoms with Gasteiger partial charge in [-0.1, -0.05) is 6.07 Å². The molecule has 6 nitrogen and oxygen atoms in total. The van der Waals surface area contributed by atoms with Crippen molar-refractivity contribution < 1.29 is 19.7 Å². The van der Waals surface area contributed by atoms with Crippen LogP contribution in [-0.2, 0) is 9.53 Å². The fraction of sp³-hybridized carbons (Fsp3) is 0.385. The lowest BCUT2D eigenvalue weighted by molar-refractivity contribution is -0.147. The van der Waals surface area contributed by atoms with Crippen LogP contribution in [0.5, 0.6) is 0 Å². The standard InChI is InChI=1S/C13H16N2O4/c1-2-19-12(17)7-10(16)13(18)9-8-14-11-5-3-4-6-15(9)11/h3-6,8,10,13,16,18H,2,7H2,1H3. The van der Waals surface area contributed by atoms with E-state index >= 15 is 0 Å². The Bertz CT molecular complexity index is 567. The summed E-state index contributed by atoms with van der Waals surface area (Å²) in [6, 6.07) is 5.41. The summed E-state index contributed by atoms with van der Waals surface area (Å²) in [5.41, 5.74) is 1.10. The maximum Gasteiger partial charge on any atom is 0.308 e. The van der Waals surface area contributed by atoms with Crippen molar-refractivity contribution in [3.05, 3.63) is 36.3 Å². The maximum absolute atomic E-state index is 11.3. The van der Waals surface area contributed by atoms with E-state index in [4.69, 9.17) is 4.74 Å². The highest BCUT2D eigenvalue weighted by molar-refractivity contribution is 5.70. The van der Waals surface area contributed by atoms with Gasteiger partial charge in [-0.3, -0.25) is 4.79 Å². The molecule has 0 bridgehead atoms. The number of aliphatic hydroxyl groups excluding tert-OH is 2. The summed E-state index contributed by atoms with van der Waals surface area (Å²) in [4.78, 5) is 15.4. The number of aliphatic hydroxyl groups is 2. The van der Waals surface area contributed by atoms with E-state index in [0.29, 0.717) is 11.3 Å². The first kappa shape index (κ1) is 13.5. The average Bonchev–Trinajstić information content (AvgIpc) is 2.81. The Balaban J connectivity index is 2.14. The molecule has 2 unspecified atom stereocenters. The van der Waals surface area contributed by atoms with E-state index in [2.05, 4.69) is 4.98 Å². The number of nitrogens with zero attached hydrogens (tertiary/aromatic N) is 2. The molecular formula is C13H16N2O4. The molecule has 0 radical (unpaired) electrons. The minimum atomic E-state index is -1.22. The molecule has 0 aliphatic heterocycles. The van der Waals surface area contributed by atoms with Gasteiger partial charge in [0.25, 0.3) is 0 Å².